The molecule has 19 heavy (non-hydrogen) atoms. The molecule has 3 aromatic rings. The average Bonchev–Trinajstić information content (AvgIpc) is 2.94. The first kappa shape index (κ1) is 12.7. The molecule has 3 heterocycles. The van der Waals surface area contributed by atoms with E-state index in [1.807, 2.05) is 13.8 Å². The summed E-state index contributed by atoms with van der Waals surface area (Å²) in [5, 5.41) is 10.9. The molecule has 3 rings (SSSR count). The highest BCUT2D eigenvalue weighted by atomic mass is 32.2. The van der Waals surface area contributed by atoms with Crippen LogP contribution < -0.4 is 11.3 Å². The Morgan fingerprint density at radius 3 is 2.74 bits per heavy atom. The molecule has 9 heteroatoms. The van der Waals surface area contributed by atoms with Crippen LogP contribution in [-0.4, -0.2) is 20.2 Å². The minimum atomic E-state index is 0.415. The van der Waals surface area contributed by atoms with Crippen LogP contribution in [0.1, 0.15) is 9.88 Å². The number of aryl methyl sites for hydroxylation is 2. The maximum Gasteiger partial charge on any atom is 0.239 e. The van der Waals surface area contributed by atoms with Gasteiger partial charge in [0, 0.05) is 10.3 Å². The molecule has 0 aromatic carbocycles. The summed E-state index contributed by atoms with van der Waals surface area (Å²) >= 11 is 4.65. The molecule has 0 aliphatic heterocycles. The van der Waals surface area contributed by atoms with E-state index in [0.29, 0.717) is 5.95 Å². The molecule has 6 nitrogen and oxygen atoms in total. The number of nitrogens with two attached hydrogens (primary N) is 1. The Hall–Kier alpha value is -1.29. The number of rotatable bonds is 3. The van der Waals surface area contributed by atoms with Gasteiger partial charge in [0.15, 0.2) is 4.34 Å². The number of thiophene rings is 1. The molecule has 0 unspecified atom stereocenters. The average molecular weight is 310 g/mol. The van der Waals surface area contributed by atoms with E-state index in [1.165, 1.54) is 16.6 Å². The van der Waals surface area contributed by atoms with Crippen molar-refractivity contribution in [3.05, 3.63) is 16.0 Å². The summed E-state index contributed by atoms with van der Waals surface area (Å²) in [6.45, 7) is 3.98. The molecule has 0 aliphatic rings. The Balaban J connectivity index is 2.09. The third kappa shape index (κ3) is 2.54. The second kappa shape index (κ2) is 5.00. The number of aromatic nitrogens is 4. The number of nitrogen functional groups attached to an aromatic ring is 1. The molecule has 0 saturated heterocycles. The Bertz CT molecular complexity index is 734. The Kier molecular flexibility index (Phi) is 3.35. The molecule has 0 spiro atoms. The molecule has 3 aromatic heterocycles. The molecular formula is C10H10N6S3. The second-order valence-corrected chi connectivity index (χ2v) is 7.41. The van der Waals surface area contributed by atoms with Crippen LogP contribution >= 0.6 is 34.4 Å². The van der Waals surface area contributed by atoms with Gasteiger partial charge < -0.3 is 0 Å². The summed E-state index contributed by atoms with van der Waals surface area (Å²) in [5.74, 6) is 5.82. The van der Waals surface area contributed by atoms with Gasteiger partial charge in [-0.25, -0.2) is 15.8 Å². The summed E-state index contributed by atoms with van der Waals surface area (Å²) in [5.41, 5.74) is 2.50. The van der Waals surface area contributed by atoms with E-state index in [2.05, 4.69) is 31.7 Å². The number of nitrogens with one attached hydrogen (secondary N) is 1. The number of hydrogen-bond acceptors (Lipinski definition) is 9. The highest BCUT2D eigenvalue weighted by molar-refractivity contribution is 8.01. The second-order valence-electron chi connectivity index (χ2n) is 3.76. The van der Waals surface area contributed by atoms with E-state index in [-0.39, 0.29) is 0 Å². The predicted molar refractivity (Wildman–Crippen MR) is 78.7 cm³/mol. The van der Waals surface area contributed by atoms with Gasteiger partial charge in [-0.2, -0.15) is 0 Å². The highest BCUT2D eigenvalue weighted by Gasteiger charge is 2.13. The molecule has 0 bridgehead atoms. The van der Waals surface area contributed by atoms with E-state index >= 15 is 0 Å². The van der Waals surface area contributed by atoms with Gasteiger partial charge in [-0.15, -0.1) is 21.5 Å². The third-order valence-electron chi connectivity index (χ3n) is 2.30. The summed E-state index contributed by atoms with van der Waals surface area (Å²) in [6, 6.07) is 2.08. The van der Waals surface area contributed by atoms with Gasteiger partial charge >= 0.3 is 0 Å². The van der Waals surface area contributed by atoms with Gasteiger partial charge in [0.05, 0.1) is 0 Å². The number of nitrogens with zero attached hydrogens (tertiary/aromatic N) is 4. The van der Waals surface area contributed by atoms with Crippen molar-refractivity contribution >= 4 is 50.6 Å². The summed E-state index contributed by atoms with van der Waals surface area (Å²) < 4.78 is 0.865. The lowest BCUT2D eigenvalue weighted by Crippen LogP contribution is -2.10. The minimum absolute atomic E-state index is 0.415. The van der Waals surface area contributed by atoms with Crippen LogP contribution in [0, 0.1) is 13.8 Å². The van der Waals surface area contributed by atoms with Crippen molar-refractivity contribution in [3.8, 4) is 0 Å². The summed E-state index contributed by atoms with van der Waals surface area (Å²) in [7, 11) is 0. The zero-order valence-corrected chi connectivity index (χ0v) is 12.6. The maximum atomic E-state index is 5.41. The van der Waals surface area contributed by atoms with Crippen molar-refractivity contribution in [2.45, 2.75) is 23.2 Å². The minimum Gasteiger partial charge on any atom is -0.292 e. The molecule has 0 amide bonds. The number of anilines is 1. The molecular weight excluding hydrogens is 300 g/mol. The fourth-order valence-corrected chi connectivity index (χ4v) is 4.33. The van der Waals surface area contributed by atoms with E-state index in [1.54, 1.807) is 22.7 Å². The Morgan fingerprint density at radius 1 is 1.21 bits per heavy atom. The lowest BCUT2D eigenvalue weighted by atomic mass is 10.4. The van der Waals surface area contributed by atoms with E-state index in [4.69, 9.17) is 5.84 Å². The molecule has 0 fully saturated rings. The van der Waals surface area contributed by atoms with Gasteiger partial charge in [-0.05, 0) is 31.7 Å². The zero-order valence-electron chi connectivity index (χ0n) is 10.2. The van der Waals surface area contributed by atoms with E-state index in [0.717, 1.165) is 24.6 Å². The highest BCUT2D eigenvalue weighted by Crippen LogP contribution is 2.36. The normalized spacial score (nSPS) is 11.1. The van der Waals surface area contributed by atoms with Crippen molar-refractivity contribution in [3.63, 3.8) is 0 Å². The first-order valence-electron chi connectivity index (χ1n) is 5.38. The van der Waals surface area contributed by atoms with Gasteiger partial charge in [-0.1, -0.05) is 11.3 Å². The number of hydrazine groups is 1. The molecule has 0 aliphatic carbocycles. The SMILES string of the molecule is Cc1cc2c(Sc3nnc(C)s3)nc(NN)nc2s1. The van der Waals surface area contributed by atoms with Crippen LogP contribution in [-0.2, 0) is 0 Å². The largest absolute Gasteiger partial charge is 0.292 e. The van der Waals surface area contributed by atoms with Crippen LogP contribution in [0.5, 0.6) is 0 Å². The lowest BCUT2D eigenvalue weighted by Gasteiger charge is -2.02. The first-order chi connectivity index (χ1) is 9.15. The quantitative estimate of drug-likeness (QED) is 0.436. The molecule has 0 radical (unpaired) electrons. The predicted octanol–water partition coefficient (Wildman–Crippen LogP) is 2.60. The van der Waals surface area contributed by atoms with E-state index < -0.39 is 0 Å². The fourth-order valence-electron chi connectivity index (χ4n) is 1.56. The number of hydrogen-bond donors (Lipinski definition) is 2. The molecule has 0 saturated carbocycles. The standard InChI is InChI=1S/C10H10N6S3/c1-4-3-6-7(17-4)12-9(14-11)13-8(6)19-10-16-15-5(2)18-10/h3H,11H2,1-2H3,(H,12,13,14). The van der Waals surface area contributed by atoms with Gasteiger partial charge in [0.25, 0.3) is 0 Å². The molecule has 98 valence electrons. The fraction of sp³-hybridized carbons (Fsp3) is 0.200. The van der Waals surface area contributed by atoms with Gasteiger partial charge in [0.1, 0.15) is 14.9 Å². The lowest BCUT2D eigenvalue weighted by molar-refractivity contribution is 0.980. The summed E-state index contributed by atoms with van der Waals surface area (Å²) in [6.07, 6.45) is 0. The van der Waals surface area contributed by atoms with Crippen molar-refractivity contribution in [2.75, 3.05) is 5.43 Å². The van der Waals surface area contributed by atoms with Crippen molar-refractivity contribution in [1.82, 2.24) is 20.2 Å². The van der Waals surface area contributed by atoms with Crippen LogP contribution in [0.4, 0.5) is 5.95 Å². The zero-order chi connectivity index (χ0) is 13.4. The summed E-state index contributed by atoms with van der Waals surface area (Å²) in [4.78, 5) is 10.9. The van der Waals surface area contributed by atoms with Crippen molar-refractivity contribution in [2.24, 2.45) is 5.84 Å². The monoisotopic (exact) mass is 310 g/mol. The third-order valence-corrected chi connectivity index (χ3v) is 5.14. The van der Waals surface area contributed by atoms with Crippen LogP contribution in [0.15, 0.2) is 15.4 Å². The van der Waals surface area contributed by atoms with Crippen LogP contribution in [0.25, 0.3) is 10.2 Å². The topological polar surface area (TPSA) is 89.6 Å². The maximum absolute atomic E-state index is 5.41. The molecule has 0 atom stereocenters. The Labute approximate surface area is 121 Å². The first-order valence-corrected chi connectivity index (χ1v) is 7.83. The molecule has 3 N–H and O–H groups in total. The Morgan fingerprint density at radius 2 is 2.05 bits per heavy atom. The van der Waals surface area contributed by atoms with Gasteiger partial charge in [-0.3, -0.25) is 5.43 Å². The number of fused-ring (bicyclic) bond motifs is 1. The smallest absolute Gasteiger partial charge is 0.239 e. The van der Waals surface area contributed by atoms with Gasteiger partial charge in [0.2, 0.25) is 5.95 Å². The van der Waals surface area contributed by atoms with Crippen molar-refractivity contribution < 1.29 is 0 Å². The van der Waals surface area contributed by atoms with E-state index in [9.17, 15) is 0 Å². The van der Waals surface area contributed by atoms with Crippen LogP contribution in [0.2, 0.25) is 0 Å². The van der Waals surface area contributed by atoms with Crippen LogP contribution in [0.3, 0.4) is 0 Å². The van der Waals surface area contributed by atoms with Crippen molar-refractivity contribution in [1.29, 1.82) is 0 Å².